The molecule has 4 nitrogen and oxygen atoms in total. The van der Waals surface area contributed by atoms with Gasteiger partial charge in [0.05, 0.1) is 31.8 Å². The molecule has 224 valence electrons. The minimum Gasteiger partial charge on any atom is -0.192 e. The van der Waals surface area contributed by atoms with Gasteiger partial charge in [0, 0.05) is 30.6 Å². The number of rotatable bonds is 2. The molecular formula is C36H36N4S4. The van der Waals surface area contributed by atoms with Gasteiger partial charge in [0.15, 0.2) is 0 Å². The number of allylic oxidation sites excluding steroid dienone is 8. The number of hydrogen-bond acceptors (Lipinski definition) is 8. The van der Waals surface area contributed by atoms with Crippen LogP contribution in [0.4, 0.5) is 0 Å². The largest absolute Gasteiger partial charge is 0.192 e. The summed E-state index contributed by atoms with van der Waals surface area (Å²) < 4.78 is -0.406. The zero-order valence-corrected chi connectivity index (χ0v) is 30.7. The first-order valence-electron chi connectivity index (χ1n) is 14.3. The third-order valence-electron chi connectivity index (χ3n) is 9.45. The van der Waals surface area contributed by atoms with Gasteiger partial charge in [-0.15, -0.1) is 46.2 Å². The summed E-state index contributed by atoms with van der Waals surface area (Å²) >= 11 is 7.07. The number of fused-ring (bicyclic) bond motifs is 3. The van der Waals surface area contributed by atoms with Crippen molar-refractivity contribution in [2.75, 3.05) is 0 Å². The molecule has 0 fully saturated rings. The van der Waals surface area contributed by atoms with Gasteiger partial charge in [0.1, 0.15) is 24.3 Å². The van der Waals surface area contributed by atoms with E-state index in [1.165, 1.54) is 30.7 Å². The van der Waals surface area contributed by atoms with E-state index >= 15 is 0 Å². The Morgan fingerprint density at radius 2 is 0.841 bits per heavy atom. The van der Waals surface area contributed by atoms with E-state index in [2.05, 4.69) is 79.7 Å². The topological polar surface area (TPSA) is 95.2 Å². The molecule has 2 atom stereocenters. The Morgan fingerprint density at radius 3 is 1.07 bits per heavy atom. The molecule has 1 aliphatic carbocycles. The van der Waals surface area contributed by atoms with Crippen molar-refractivity contribution in [3.8, 4) is 24.3 Å². The fourth-order valence-corrected chi connectivity index (χ4v) is 12.2. The molecule has 2 aromatic rings. The molecule has 0 saturated carbocycles. The lowest BCUT2D eigenvalue weighted by Crippen LogP contribution is -2.48. The number of hydrogen-bond donors (Lipinski definition) is 0. The molecule has 5 rings (SSSR count). The van der Waals surface area contributed by atoms with Gasteiger partial charge in [-0.1, -0.05) is 0 Å². The van der Waals surface area contributed by atoms with Crippen LogP contribution in [0.1, 0.15) is 83.3 Å². The molecule has 0 spiro atoms. The predicted molar refractivity (Wildman–Crippen MR) is 189 cm³/mol. The maximum absolute atomic E-state index is 9.77. The quantitative estimate of drug-likeness (QED) is 0.300. The van der Waals surface area contributed by atoms with Crippen molar-refractivity contribution in [1.82, 2.24) is 0 Å². The lowest BCUT2D eigenvalue weighted by atomic mass is 9.68. The van der Waals surface area contributed by atoms with E-state index in [1.807, 2.05) is 51.2 Å². The Bertz CT molecular complexity index is 1830. The second-order valence-corrected chi connectivity index (χ2v) is 17.9. The van der Waals surface area contributed by atoms with Crippen molar-refractivity contribution in [3.05, 3.63) is 85.0 Å². The van der Waals surface area contributed by atoms with Crippen LogP contribution < -0.4 is 0 Å². The van der Waals surface area contributed by atoms with E-state index in [-0.39, 0.29) is 9.49 Å². The van der Waals surface area contributed by atoms with Gasteiger partial charge in [0.2, 0.25) is 0 Å². The molecule has 4 heterocycles. The van der Waals surface area contributed by atoms with E-state index in [9.17, 15) is 21.0 Å². The van der Waals surface area contributed by atoms with E-state index in [1.54, 1.807) is 22.7 Å². The Labute approximate surface area is 278 Å². The summed E-state index contributed by atoms with van der Waals surface area (Å²) in [7, 11) is 0. The maximum atomic E-state index is 9.77. The molecule has 2 unspecified atom stereocenters. The van der Waals surface area contributed by atoms with Crippen molar-refractivity contribution in [2.24, 2.45) is 0 Å². The molecule has 0 bridgehead atoms. The molecule has 2 aromatic heterocycles. The third kappa shape index (κ3) is 4.76. The fourth-order valence-electron chi connectivity index (χ4n) is 6.73. The second-order valence-electron chi connectivity index (χ2n) is 11.8. The number of nitriles is 4. The molecule has 0 aromatic carbocycles. The van der Waals surface area contributed by atoms with Crippen LogP contribution in [0.3, 0.4) is 0 Å². The highest BCUT2D eigenvalue weighted by Gasteiger charge is 2.61. The smallest absolute Gasteiger partial charge is 0.101 e. The first-order chi connectivity index (χ1) is 20.6. The molecule has 0 radical (unpaired) electrons. The van der Waals surface area contributed by atoms with Gasteiger partial charge >= 0.3 is 0 Å². The van der Waals surface area contributed by atoms with Crippen LogP contribution in [0, 0.1) is 86.9 Å². The van der Waals surface area contributed by atoms with Crippen molar-refractivity contribution in [2.45, 2.75) is 92.6 Å². The summed E-state index contributed by atoms with van der Waals surface area (Å²) in [4.78, 5) is 7.11. The number of thioether (sulfide) groups is 2. The van der Waals surface area contributed by atoms with Gasteiger partial charge in [0.25, 0.3) is 0 Å². The highest BCUT2D eigenvalue weighted by Crippen LogP contribution is 2.69. The summed E-state index contributed by atoms with van der Waals surface area (Å²) in [5.74, 6) is 0. The molecular weight excluding hydrogens is 617 g/mol. The summed E-state index contributed by atoms with van der Waals surface area (Å²) in [5.41, 5.74) is 10.7. The van der Waals surface area contributed by atoms with Crippen LogP contribution in [-0.2, 0) is 0 Å². The molecule has 0 amide bonds. The van der Waals surface area contributed by atoms with Crippen molar-refractivity contribution in [3.63, 3.8) is 0 Å². The van der Waals surface area contributed by atoms with Gasteiger partial charge in [-0.2, -0.15) is 21.0 Å². The Balaban J connectivity index is 0.000000201. The first-order valence-corrected chi connectivity index (χ1v) is 17.5. The summed E-state index contributed by atoms with van der Waals surface area (Å²) in [6.45, 7) is 25.1. The van der Waals surface area contributed by atoms with Crippen LogP contribution >= 0.6 is 46.2 Å². The van der Waals surface area contributed by atoms with Crippen LogP contribution in [0.25, 0.3) is 11.1 Å². The van der Waals surface area contributed by atoms with Gasteiger partial charge in [-0.25, -0.2) is 0 Å². The van der Waals surface area contributed by atoms with E-state index in [0.29, 0.717) is 22.3 Å². The fraction of sp³-hybridized carbons (Fsp3) is 0.389. The van der Waals surface area contributed by atoms with Gasteiger partial charge in [-0.05, 0) is 126 Å². The minimum atomic E-state index is -0.203. The summed E-state index contributed by atoms with van der Waals surface area (Å²) in [5, 5.41) is 39.0. The normalized spacial score (nSPS) is 22.9. The van der Waals surface area contributed by atoms with Crippen molar-refractivity contribution >= 4 is 57.3 Å². The van der Waals surface area contributed by atoms with Crippen LogP contribution in [0.15, 0.2) is 43.2 Å². The molecule has 3 aliphatic rings. The van der Waals surface area contributed by atoms with Crippen LogP contribution in [0.2, 0.25) is 0 Å². The average Bonchev–Trinajstić information content (AvgIpc) is 3.56. The zero-order valence-electron chi connectivity index (χ0n) is 27.4. The Morgan fingerprint density at radius 1 is 0.523 bits per heavy atom. The van der Waals surface area contributed by atoms with Gasteiger partial charge in [-0.3, -0.25) is 0 Å². The van der Waals surface area contributed by atoms with E-state index in [4.69, 9.17) is 0 Å². The van der Waals surface area contributed by atoms with Crippen LogP contribution in [0.5, 0.6) is 0 Å². The Hall–Kier alpha value is -3.24. The van der Waals surface area contributed by atoms with E-state index < -0.39 is 0 Å². The number of aryl methyl sites for hydroxylation is 4. The molecule has 0 saturated heterocycles. The highest BCUT2D eigenvalue weighted by atomic mass is 32.2. The molecule has 0 N–H and O–H groups in total. The van der Waals surface area contributed by atoms with E-state index in [0.717, 1.165) is 43.2 Å². The summed E-state index contributed by atoms with van der Waals surface area (Å²) in [6.07, 6.45) is 0. The molecule has 44 heavy (non-hydrogen) atoms. The van der Waals surface area contributed by atoms with Crippen molar-refractivity contribution in [1.29, 1.82) is 21.0 Å². The number of nitrogens with zero attached hydrogens (tertiary/aromatic N) is 4. The monoisotopic (exact) mass is 652 g/mol. The lowest BCUT2D eigenvalue weighted by molar-refractivity contribution is 0.603. The average molecular weight is 653 g/mol. The third-order valence-corrected chi connectivity index (χ3v) is 15.1. The standard InChI is InChI=1S/2C18H18N2S2/c1-9-11(3)21-17(5)15(9)13(7-19)14(8-20)16-10(2)12(4)22-18(16,17)6;1-9-11(3)21-13(5)17(9)15(7-19)16(8-20)18-10(2)12(4)22-14(18)6/h2*1-6H3/b;16-15-. The lowest BCUT2D eigenvalue weighted by Gasteiger charge is -2.46. The maximum Gasteiger partial charge on any atom is 0.101 e. The van der Waals surface area contributed by atoms with Gasteiger partial charge < -0.3 is 0 Å². The van der Waals surface area contributed by atoms with Crippen molar-refractivity contribution < 1.29 is 0 Å². The minimum absolute atomic E-state index is 0.203. The first kappa shape index (κ1) is 33.6. The summed E-state index contributed by atoms with van der Waals surface area (Å²) in [6, 6.07) is 9.27. The SMILES string of the molecule is CC1=C(C)C2=C(C#N)C(C#N)=C3C(C)=C(C)SC3(C)C2(C)S1.Cc1sc(C)c(/C(C#N)=C(/C#N)c2c(C)sc(C)c2C)c1C. The number of thiophene rings is 2. The predicted octanol–water partition coefficient (Wildman–Crippen LogP) is 10.9. The molecule has 8 heteroatoms. The highest BCUT2D eigenvalue weighted by molar-refractivity contribution is 8.09. The Kier molecular flexibility index (Phi) is 9.12. The zero-order chi connectivity index (χ0) is 33.0. The molecule has 2 aliphatic heterocycles. The van der Waals surface area contributed by atoms with Crippen LogP contribution in [-0.4, -0.2) is 9.49 Å². The second kappa shape index (κ2) is 11.9.